The fraction of sp³-hybridized carbons (Fsp3) is 0.812. The molecule has 22 heavy (non-hydrogen) atoms. The van der Waals surface area contributed by atoms with Crippen LogP contribution in [0, 0.1) is 5.92 Å². The lowest BCUT2D eigenvalue weighted by molar-refractivity contribution is 0.273. The molecule has 3 rings (SSSR count). The van der Waals surface area contributed by atoms with E-state index in [-0.39, 0.29) is 0 Å². The minimum absolute atomic E-state index is 0.714. The number of fused-ring (bicyclic) bond motifs is 1. The summed E-state index contributed by atoms with van der Waals surface area (Å²) >= 11 is 0. The Hall–Kier alpha value is -1.59. The summed E-state index contributed by atoms with van der Waals surface area (Å²) < 4.78 is 2.30. The highest BCUT2D eigenvalue weighted by molar-refractivity contribution is 5.79. The molecule has 1 fully saturated rings. The van der Waals surface area contributed by atoms with Crippen molar-refractivity contribution in [1.29, 1.82) is 0 Å². The average Bonchev–Trinajstić information content (AvgIpc) is 2.77. The minimum Gasteiger partial charge on any atom is -0.349 e. The first-order chi connectivity index (χ1) is 10.8. The molecule has 1 N–H and O–H groups in total. The number of aryl methyl sites for hydroxylation is 1. The number of nitrogens with one attached hydrogen (secondary N) is 1. The Bertz CT molecular complexity index is 513. The Kier molecular flexibility index (Phi) is 4.95. The van der Waals surface area contributed by atoms with Gasteiger partial charge in [-0.05, 0) is 31.6 Å². The number of rotatable bonds is 2. The van der Waals surface area contributed by atoms with E-state index in [1.54, 1.807) is 0 Å². The maximum atomic E-state index is 4.44. The van der Waals surface area contributed by atoms with Gasteiger partial charge < -0.3 is 14.8 Å². The Balaban J connectivity index is 1.60. The van der Waals surface area contributed by atoms with Crippen molar-refractivity contribution in [1.82, 2.24) is 25.0 Å². The van der Waals surface area contributed by atoms with Crippen molar-refractivity contribution in [2.24, 2.45) is 10.9 Å². The smallest absolute Gasteiger partial charge is 0.194 e. The number of nitrogens with zero attached hydrogens (tertiary/aromatic N) is 5. The molecule has 0 spiro atoms. The van der Waals surface area contributed by atoms with Gasteiger partial charge in [-0.2, -0.15) is 0 Å². The number of guanidine groups is 1. The third-order valence-corrected chi connectivity index (χ3v) is 4.89. The van der Waals surface area contributed by atoms with E-state index in [9.17, 15) is 0 Å². The molecule has 1 aromatic rings. The summed E-state index contributed by atoms with van der Waals surface area (Å²) in [5, 5.41) is 12.2. The predicted octanol–water partition coefficient (Wildman–Crippen LogP) is 1.81. The summed E-state index contributed by atoms with van der Waals surface area (Å²) in [6, 6.07) is 0. The summed E-state index contributed by atoms with van der Waals surface area (Å²) in [7, 11) is 1.87. The number of likely N-dealkylation sites (tertiary alicyclic amines) is 1. The molecule has 1 aromatic heterocycles. The van der Waals surface area contributed by atoms with Gasteiger partial charge in [0.1, 0.15) is 5.82 Å². The van der Waals surface area contributed by atoms with Crippen LogP contribution in [-0.4, -0.2) is 45.8 Å². The summed E-state index contributed by atoms with van der Waals surface area (Å²) in [6.45, 7) is 6.29. The largest absolute Gasteiger partial charge is 0.349 e. The second-order valence-corrected chi connectivity index (χ2v) is 6.57. The zero-order valence-electron chi connectivity index (χ0n) is 13.9. The minimum atomic E-state index is 0.714. The Labute approximate surface area is 133 Å². The second-order valence-electron chi connectivity index (χ2n) is 6.57. The van der Waals surface area contributed by atoms with Crippen molar-refractivity contribution in [2.45, 2.75) is 58.5 Å². The van der Waals surface area contributed by atoms with E-state index < -0.39 is 0 Å². The number of piperidine rings is 1. The molecule has 122 valence electrons. The lowest BCUT2D eigenvalue weighted by atomic mass is 10.00. The SMILES string of the molecule is CN=C(NCc1nnc2n1CCCCC2)N1CCC(C)CC1. The van der Waals surface area contributed by atoms with E-state index in [1.807, 2.05) is 7.05 Å². The van der Waals surface area contributed by atoms with E-state index in [0.29, 0.717) is 6.54 Å². The predicted molar refractivity (Wildman–Crippen MR) is 87.7 cm³/mol. The highest BCUT2D eigenvalue weighted by atomic mass is 15.3. The summed E-state index contributed by atoms with van der Waals surface area (Å²) in [5.74, 6) is 4.03. The average molecular weight is 304 g/mol. The number of hydrogen-bond donors (Lipinski definition) is 1. The standard InChI is InChI=1S/C16H28N6/c1-13-7-10-21(11-8-13)16(17-2)18-12-15-20-19-14-6-4-3-5-9-22(14)15/h13H,3-12H2,1-2H3,(H,17,18). The first kappa shape index (κ1) is 15.3. The van der Waals surface area contributed by atoms with Crippen LogP contribution in [0.3, 0.4) is 0 Å². The van der Waals surface area contributed by atoms with Crippen LogP contribution in [0.5, 0.6) is 0 Å². The van der Waals surface area contributed by atoms with Crippen LogP contribution in [0.2, 0.25) is 0 Å². The van der Waals surface area contributed by atoms with Crippen molar-refractivity contribution in [2.75, 3.05) is 20.1 Å². The Morgan fingerprint density at radius 2 is 2.00 bits per heavy atom. The van der Waals surface area contributed by atoms with E-state index >= 15 is 0 Å². The van der Waals surface area contributed by atoms with Crippen LogP contribution in [0.1, 0.15) is 50.7 Å². The molecule has 3 heterocycles. The molecule has 0 unspecified atom stereocenters. The monoisotopic (exact) mass is 304 g/mol. The highest BCUT2D eigenvalue weighted by Crippen LogP contribution is 2.17. The zero-order valence-corrected chi connectivity index (χ0v) is 13.9. The molecule has 0 bridgehead atoms. The van der Waals surface area contributed by atoms with Crippen molar-refractivity contribution in [3.8, 4) is 0 Å². The van der Waals surface area contributed by atoms with Crippen LogP contribution < -0.4 is 5.32 Å². The van der Waals surface area contributed by atoms with Crippen molar-refractivity contribution in [3.63, 3.8) is 0 Å². The van der Waals surface area contributed by atoms with Gasteiger partial charge in [0, 0.05) is 33.1 Å². The van der Waals surface area contributed by atoms with E-state index in [0.717, 1.165) is 49.6 Å². The molecule has 0 amide bonds. The number of hydrogen-bond acceptors (Lipinski definition) is 3. The fourth-order valence-corrected chi connectivity index (χ4v) is 3.39. The van der Waals surface area contributed by atoms with Gasteiger partial charge in [-0.1, -0.05) is 13.3 Å². The van der Waals surface area contributed by atoms with Gasteiger partial charge in [-0.25, -0.2) is 0 Å². The maximum Gasteiger partial charge on any atom is 0.194 e. The molecule has 0 saturated carbocycles. The Morgan fingerprint density at radius 3 is 2.77 bits per heavy atom. The number of aliphatic imine (C=N–C) groups is 1. The van der Waals surface area contributed by atoms with E-state index in [4.69, 9.17) is 0 Å². The molecular weight excluding hydrogens is 276 g/mol. The summed E-state index contributed by atoms with van der Waals surface area (Å²) in [6.07, 6.45) is 7.33. The summed E-state index contributed by atoms with van der Waals surface area (Å²) in [5.41, 5.74) is 0. The van der Waals surface area contributed by atoms with Gasteiger partial charge in [-0.3, -0.25) is 4.99 Å². The van der Waals surface area contributed by atoms with Crippen LogP contribution in [0.4, 0.5) is 0 Å². The summed E-state index contributed by atoms with van der Waals surface area (Å²) in [4.78, 5) is 6.80. The molecule has 6 heteroatoms. The van der Waals surface area contributed by atoms with Gasteiger partial charge in [0.2, 0.25) is 0 Å². The molecule has 0 atom stereocenters. The molecule has 0 radical (unpaired) electrons. The molecule has 6 nitrogen and oxygen atoms in total. The van der Waals surface area contributed by atoms with Crippen LogP contribution in [0.15, 0.2) is 4.99 Å². The molecule has 1 saturated heterocycles. The first-order valence-corrected chi connectivity index (χ1v) is 8.64. The highest BCUT2D eigenvalue weighted by Gasteiger charge is 2.20. The molecule has 0 aliphatic carbocycles. The number of aromatic nitrogens is 3. The third kappa shape index (κ3) is 3.42. The van der Waals surface area contributed by atoms with E-state index in [2.05, 4.69) is 36.9 Å². The second kappa shape index (κ2) is 7.11. The van der Waals surface area contributed by atoms with Gasteiger partial charge in [0.05, 0.1) is 6.54 Å². The van der Waals surface area contributed by atoms with Gasteiger partial charge in [-0.15, -0.1) is 10.2 Å². The van der Waals surface area contributed by atoms with Gasteiger partial charge in [0.15, 0.2) is 11.8 Å². The van der Waals surface area contributed by atoms with Gasteiger partial charge >= 0.3 is 0 Å². The van der Waals surface area contributed by atoms with Gasteiger partial charge in [0.25, 0.3) is 0 Å². The van der Waals surface area contributed by atoms with Crippen molar-refractivity contribution >= 4 is 5.96 Å². The zero-order chi connectivity index (χ0) is 15.4. The topological polar surface area (TPSA) is 58.3 Å². The van der Waals surface area contributed by atoms with Crippen molar-refractivity contribution < 1.29 is 0 Å². The van der Waals surface area contributed by atoms with Crippen LogP contribution >= 0.6 is 0 Å². The molecule has 2 aliphatic rings. The van der Waals surface area contributed by atoms with Crippen LogP contribution in [0.25, 0.3) is 0 Å². The molecular formula is C16H28N6. The normalized spacial score (nSPS) is 20.6. The lowest BCUT2D eigenvalue weighted by Gasteiger charge is -2.32. The maximum absolute atomic E-state index is 4.44. The van der Waals surface area contributed by atoms with Crippen molar-refractivity contribution in [3.05, 3.63) is 11.6 Å². The third-order valence-electron chi connectivity index (χ3n) is 4.89. The first-order valence-electron chi connectivity index (χ1n) is 8.64. The Morgan fingerprint density at radius 1 is 1.18 bits per heavy atom. The molecule has 2 aliphatic heterocycles. The lowest BCUT2D eigenvalue weighted by Crippen LogP contribution is -2.45. The van der Waals surface area contributed by atoms with Crippen LogP contribution in [-0.2, 0) is 19.5 Å². The fourth-order valence-electron chi connectivity index (χ4n) is 3.39. The molecule has 0 aromatic carbocycles. The quantitative estimate of drug-likeness (QED) is 0.669. The van der Waals surface area contributed by atoms with E-state index in [1.165, 1.54) is 32.1 Å².